The van der Waals surface area contributed by atoms with E-state index in [2.05, 4.69) is 26.1 Å². The third-order valence-electron chi connectivity index (χ3n) is 2.41. The van der Waals surface area contributed by atoms with Gasteiger partial charge in [0.25, 0.3) is 0 Å². The molecule has 3 heteroatoms. The molecule has 0 radical (unpaired) electrons. The minimum absolute atomic E-state index is 0.269. The predicted molar refractivity (Wildman–Crippen MR) is 62.6 cm³/mol. The normalized spacial score (nSPS) is 17.6. The van der Waals surface area contributed by atoms with E-state index in [1.807, 2.05) is 11.8 Å². The molecule has 0 saturated heterocycles. The minimum Gasteiger partial charge on any atom is -0.355 e. The number of nitrogens with one attached hydrogen (secondary N) is 1. The average molecular weight is 215 g/mol. The quantitative estimate of drug-likeness (QED) is 0.730. The molecule has 1 amide bonds. The van der Waals surface area contributed by atoms with Gasteiger partial charge in [0.15, 0.2) is 0 Å². The van der Waals surface area contributed by atoms with Crippen LogP contribution in [-0.4, -0.2) is 23.0 Å². The van der Waals surface area contributed by atoms with Gasteiger partial charge in [0.2, 0.25) is 5.91 Å². The molecule has 0 aromatic heterocycles. The maximum absolute atomic E-state index is 11.4. The molecule has 2 nitrogen and oxygen atoms in total. The van der Waals surface area contributed by atoms with Crippen LogP contribution >= 0.6 is 11.8 Å². The summed E-state index contributed by atoms with van der Waals surface area (Å²) in [6.07, 6.45) is 3.42. The fourth-order valence-corrected chi connectivity index (χ4v) is 2.16. The maximum atomic E-state index is 11.4. The Hall–Kier alpha value is -0.180. The van der Waals surface area contributed by atoms with Gasteiger partial charge in [0, 0.05) is 23.0 Å². The van der Waals surface area contributed by atoms with E-state index in [0.717, 1.165) is 25.1 Å². The molecule has 14 heavy (non-hydrogen) atoms. The lowest BCUT2D eigenvalue weighted by atomic mass is 9.85. The van der Waals surface area contributed by atoms with Crippen molar-refractivity contribution in [1.29, 1.82) is 0 Å². The highest BCUT2D eigenvalue weighted by molar-refractivity contribution is 8.00. The van der Waals surface area contributed by atoms with Gasteiger partial charge in [-0.2, -0.15) is 11.8 Å². The molecule has 1 N–H and O–H groups in total. The van der Waals surface area contributed by atoms with E-state index >= 15 is 0 Å². The molecule has 1 rings (SSSR count). The van der Waals surface area contributed by atoms with Crippen molar-refractivity contribution >= 4 is 17.7 Å². The Kier molecular flexibility index (Phi) is 4.30. The number of carbonyl (C=O) groups excluding carboxylic acids is 1. The largest absolute Gasteiger partial charge is 0.355 e. The molecule has 1 aliphatic rings. The van der Waals surface area contributed by atoms with Gasteiger partial charge >= 0.3 is 0 Å². The highest BCUT2D eigenvalue weighted by atomic mass is 32.2. The van der Waals surface area contributed by atoms with E-state index in [9.17, 15) is 4.79 Å². The second-order valence-corrected chi connectivity index (χ2v) is 6.80. The van der Waals surface area contributed by atoms with Gasteiger partial charge in [0.05, 0.1) is 0 Å². The van der Waals surface area contributed by atoms with Crippen LogP contribution in [0.4, 0.5) is 0 Å². The SMILES string of the molecule is CC(C)(C)SCCNC(=O)C1CCC1. The van der Waals surface area contributed by atoms with Crippen LogP contribution in [0.25, 0.3) is 0 Å². The first-order valence-corrected chi connectivity index (χ1v) is 6.39. The van der Waals surface area contributed by atoms with Crippen LogP contribution < -0.4 is 5.32 Å². The summed E-state index contributed by atoms with van der Waals surface area (Å²) in [5.74, 6) is 1.61. The Morgan fingerprint density at radius 3 is 2.50 bits per heavy atom. The number of rotatable bonds is 4. The summed E-state index contributed by atoms with van der Waals surface area (Å²) in [7, 11) is 0. The number of hydrogen-bond donors (Lipinski definition) is 1. The highest BCUT2D eigenvalue weighted by Gasteiger charge is 2.24. The van der Waals surface area contributed by atoms with Crippen molar-refractivity contribution in [3.8, 4) is 0 Å². The van der Waals surface area contributed by atoms with Crippen molar-refractivity contribution < 1.29 is 4.79 Å². The first-order chi connectivity index (χ1) is 6.49. The minimum atomic E-state index is 0.269. The number of carbonyl (C=O) groups is 1. The van der Waals surface area contributed by atoms with E-state index in [1.54, 1.807) is 0 Å². The number of hydrogen-bond acceptors (Lipinski definition) is 2. The molecule has 0 aromatic carbocycles. The van der Waals surface area contributed by atoms with Gasteiger partial charge in [-0.15, -0.1) is 0 Å². The third kappa shape index (κ3) is 4.36. The molecule has 0 aliphatic heterocycles. The first-order valence-electron chi connectivity index (χ1n) is 5.41. The molecular formula is C11H21NOS. The molecule has 0 atom stereocenters. The van der Waals surface area contributed by atoms with Crippen LogP contribution in [-0.2, 0) is 4.79 Å². The summed E-state index contributed by atoms with van der Waals surface area (Å²) in [6.45, 7) is 7.42. The van der Waals surface area contributed by atoms with E-state index in [0.29, 0.717) is 10.7 Å². The van der Waals surface area contributed by atoms with Gasteiger partial charge < -0.3 is 5.32 Å². The van der Waals surface area contributed by atoms with Crippen LogP contribution in [0.15, 0.2) is 0 Å². The molecule has 82 valence electrons. The Balaban J connectivity index is 2.00. The average Bonchev–Trinajstić information content (AvgIpc) is 1.92. The van der Waals surface area contributed by atoms with Crippen LogP contribution in [0, 0.1) is 5.92 Å². The van der Waals surface area contributed by atoms with Crippen LogP contribution in [0.2, 0.25) is 0 Å². The zero-order valence-corrected chi connectivity index (χ0v) is 10.2. The zero-order chi connectivity index (χ0) is 10.6. The summed E-state index contributed by atoms with van der Waals surface area (Å²) >= 11 is 1.90. The van der Waals surface area contributed by atoms with Gasteiger partial charge in [-0.1, -0.05) is 27.2 Å². The standard InChI is InChI=1S/C11H21NOS/c1-11(2,3)14-8-7-12-10(13)9-5-4-6-9/h9H,4-8H2,1-3H3,(H,12,13). The predicted octanol–water partition coefficient (Wildman–Crippen LogP) is 2.43. The second-order valence-electron chi connectivity index (χ2n) is 4.88. The van der Waals surface area contributed by atoms with Gasteiger partial charge in [-0.3, -0.25) is 4.79 Å². The van der Waals surface area contributed by atoms with Crippen molar-refractivity contribution in [3.63, 3.8) is 0 Å². The molecule has 1 fully saturated rings. The van der Waals surface area contributed by atoms with Gasteiger partial charge in [-0.05, 0) is 12.8 Å². The second kappa shape index (κ2) is 5.06. The maximum Gasteiger partial charge on any atom is 0.223 e. The third-order valence-corrected chi connectivity index (χ3v) is 3.69. The molecule has 1 saturated carbocycles. The summed E-state index contributed by atoms with van der Waals surface area (Å²) in [6, 6.07) is 0. The Labute approximate surface area is 91.2 Å². The van der Waals surface area contributed by atoms with Crippen molar-refractivity contribution in [2.24, 2.45) is 5.92 Å². The van der Waals surface area contributed by atoms with E-state index in [4.69, 9.17) is 0 Å². The Bertz CT molecular complexity index is 194. The van der Waals surface area contributed by atoms with Gasteiger partial charge in [0.1, 0.15) is 0 Å². The van der Waals surface area contributed by atoms with Crippen LogP contribution in [0.3, 0.4) is 0 Å². The molecular weight excluding hydrogens is 194 g/mol. The van der Waals surface area contributed by atoms with Crippen molar-refractivity contribution in [2.75, 3.05) is 12.3 Å². The topological polar surface area (TPSA) is 29.1 Å². The molecule has 0 heterocycles. The fourth-order valence-electron chi connectivity index (χ4n) is 1.35. The molecule has 0 spiro atoms. The van der Waals surface area contributed by atoms with E-state index in [-0.39, 0.29) is 5.91 Å². The zero-order valence-electron chi connectivity index (χ0n) is 9.43. The van der Waals surface area contributed by atoms with Crippen molar-refractivity contribution in [3.05, 3.63) is 0 Å². The smallest absolute Gasteiger partial charge is 0.223 e. The van der Waals surface area contributed by atoms with Crippen LogP contribution in [0.1, 0.15) is 40.0 Å². The number of amides is 1. The van der Waals surface area contributed by atoms with Crippen molar-refractivity contribution in [1.82, 2.24) is 5.32 Å². The van der Waals surface area contributed by atoms with E-state index < -0.39 is 0 Å². The molecule has 1 aliphatic carbocycles. The lowest BCUT2D eigenvalue weighted by molar-refractivity contribution is -0.127. The van der Waals surface area contributed by atoms with Gasteiger partial charge in [-0.25, -0.2) is 0 Å². The van der Waals surface area contributed by atoms with E-state index in [1.165, 1.54) is 6.42 Å². The molecule has 0 bridgehead atoms. The first kappa shape index (κ1) is 11.9. The molecule has 0 unspecified atom stereocenters. The summed E-state index contributed by atoms with van der Waals surface area (Å²) in [5, 5.41) is 3.00. The molecule has 0 aromatic rings. The van der Waals surface area contributed by atoms with Crippen molar-refractivity contribution in [2.45, 2.75) is 44.8 Å². The van der Waals surface area contributed by atoms with Crippen LogP contribution in [0.5, 0.6) is 0 Å². The Morgan fingerprint density at radius 1 is 1.43 bits per heavy atom. The monoisotopic (exact) mass is 215 g/mol. The Morgan fingerprint density at radius 2 is 2.07 bits per heavy atom. The summed E-state index contributed by atoms with van der Waals surface area (Å²) < 4.78 is 0.307. The summed E-state index contributed by atoms with van der Waals surface area (Å²) in [5.41, 5.74) is 0. The highest BCUT2D eigenvalue weighted by Crippen LogP contribution is 2.26. The fraction of sp³-hybridized carbons (Fsp3) is 0.909. The lowest BCUT2D eigenvalue weighted by Gasteiger charge is -2.24. The summed E-state index contributed by atoms with van der Waals surface area (Å²) in [4.78, 5) is 11.4. The lowest BCUT2D eigenvalue weighted by Crippen LogP contribution is -2.35. The number of thioether (sulfide) groups is 1.